The first-order valence-electron chi connectivity index (χ1n) is 9.64. The maximum Gasteiger partial charge on any atom is 0.337 e. The number of nitrogens with one attached hydrogen (secondary N) is 1. The number of hydrogen-bond acceptors (Lipinski definition) is 5. The molecule has 7 nitrogen and oxygen atoms in total. The molecule has 0 atom stereocenters. The Bertz CT molecular complexity index is 1290. The van der Waals surface area contributed by atoms with Crippen LogP contribution < -0.4 is 5.32 Å². The van der Waals surface area contributed by atoms with Gasteiger partial charge in [-0.05, 0) is 48.9 Å². The van der Waals surface area contributed by atoms with Crippen LogP contribution in [0.3, 0.4) is 0 Å². The van der Waals surface area contributed by atoms with Gasteiger partial charge in [-0.3, -0.25) is 4.79 Å². The molecule has 2 aromatic heterocycles. The fraction of sp³-hybridized carbons (Fsp3) is 0.0833. The van der Waals surface area contributed by atoms with E-state index in [0.717, 1.165) is 22.2 Å². The first kappa shape index (κ1) is 20.0. The number of benzene rings is 2. The Balaban J connectivity index is 1.52. The number of aromatic nitrogens is 3. The highest BCUT2D eigenvalue weighted by atomic mass is 16.5. The summed E-state index contributed by atoms with van der Waals surface area (Å²) in [6.45, 7) is 1.85. The highest BCUT2D eigenvalue weighted by Crippen LogP contribution is 2.19. The van der Waals surface area contributed by atoms with Crippen molar-refractivity contribution in [2.75, 3.05) is 12.4 Å². The van der Waals surface area contributed by atoms with E-state index in [1.807, 2.05) is 43.3 Å². The van der Waals surface area contributed by atoms with Crippen molar-refractivity contribution in [1.29, 1.82) is 0 Å². The van der Waals surface area contributed by atoms with E-state index in [4.69, 9.17) is 0 Å². The van der Waals surface area contributed by atoms with E-state index in [-0.39, 0.29) is 5.91 Å². The van der Waals surface area contributed by atoms with Crippen LogP contribution in [0, 0.1) is 6.92 Å². The first-order chi connectivity index (χ1) is 15.0. The molecule has 2 heterocycles. The number of carbonyl (C=O) groups is 2. The number of esters is 1. The van der Waals surface area contributed by atoms with E-state index in [2.05, 4.69) is 20.1 Å². The first-order valence-corrected chi connectivity index (χ1v) is 9.64. The number of methoxy groups -OCH3 is 1. The van der Waals surface area contributed by atoms with Crippen LogP contribution in [0.15, 0.2) is 72.8 Å². The van der Waals surface area contributed by atoms with Gasteiger partial charge in [0.25, 0.3) is 0 Å². The number of amides is 1. The summed E-state index contributed by atoms with van der Waals surface area (Å²) in [6.07, 6.45) is 3.09. The molecule has 0 unspecified atom stereocenters. The zero-order valence-corrected chi connectivity index (χ0v) is 17.1. The number of para-hydroxylation sites is 1. The number of pyridine rings is 1. The number of rotatable bonds is 5. The van der Waals surface area contributed by atoms with Crippen LogP contribution in [0.5, 0.6) is 0 Å². The van der Waals surface area contributed by atoms with Gasteiger partial charge in [-0.1, -0.05) is 30.3 Å². The van der Waals surface area contributed by atoms with Crippen LogP contribution in [-0.4, -0.2) is 33.8 Å². The number of anilines is 1. The molecule has 0 aliphatic rings. The van der Waals surface area contributed by atoms with Gasteiger partial charge in [0.15, 0.2) is 5.82 Å². The Morgan fingerprint density at radius 1 is 1.03 bits per heavy atom. The van der Waals surface area contributed by atoms with Crippen LogP contribution >= 0.6 is 0 Å². The van der Waals surface area contributed by atoms with Crippen molar-refractivity contribution in [3.63, 3.8) is 0 Å². The summed E-state index contributed by atoms with van der Waals surface area (Å²) < 4.78 is 6.29. The van der Waals surface area contributed by atoms with E-state index in [1.54, 1.807) is 41.1 Å². The van der Waals surface area contributed by atoms with Crippen LogP contribution in [-0.2, 0) is 9.53 Å². The molecule has 0 saturated heterocycles. The molecule has 1 N–H and O–H groups in total. The molecule has 7 heteroatoms. The van der Waals surface area contributed by atoms with E-state index in [9.17, 15) is 9.59 Å². The molecule has 0 aliphatic heterocycles. The fourth-order valence-corrected chi connectivity index (χ4v) is 3.12. The minimum Gasteiger partial charge on any atom is -0.465 e. The minimum atomic E-state index is -0.404. The second kappa shape index (κ2) is 8.62. The van der Waals surface area contributed by atoms with Crippen LogP contribution in [0.2, 0.25) is 0 Å². The van der Waals surface area contributed by atoms with Gasteiger partial charge < -0.3 is 10.1 Å². The number of hydrogen-bond donors (Lipinski definition) is 1. The predicted octanol–water partition coefficient (Wildman–Crippen LogP) is 4.17. The molecule has 1 amide bonds. The summed E-state index contributed by atoms with van der Waals surface area (Å²) in [7, 11) is 1.33. The van der Waals surface area contributed by atoms with Gasteiger partial charge in [-0.25, -0.2) is 9.78 Å². The van der Waals surface area contributed by atoms with Crippen LogP contribution in [0.1, 0.15) is 21.6 Å². The fourth-order valence-electron chi connectivity index (χ4n) is 3.12. The maximum absolute atomic E-state index is 12.5. The molecule has 0 fully saturated rings. The zero-order chi connectivity index (χ0) is 21.8. The molecule has 4 rings (SSSR count). The lowest BCUT2D eigenvalue weighted by molar-refractivity contribution is -0.111. The summed E-state index contributed by atoms with van der Waals surface area (Å²) in [4.78, 5) is 28.6. The monoisotopic (exact) mass is 412 g/mol. The highest BCUT2D eigenvalue weighted by Gasteiger charge is 2.11. The van der Waals surface area contributed by atoms with Crippen molar-refractivity contribution in [2.24, 2.45) is 0 Å². The van der Waals surface area contributed by atoms with E-state index in [0.29, 0.717) is 17.2 Å². The van der Waals surface area contributed by atoms with Gasteiger partial charge in [0.05, 0.1) is 23.9 Å². The smallest absolute Gasteiger partial charge is 0.337 e. The number of fused-ring (bicyclic) bond motifs is 1. The summed E-state index contributed by atoms with van der Waals surface area (Å²) >= 11 is 0. The predicted molar refractivity (Wildman–Crippen MR) is 119 cm³/mol. The van der Waals surface area contributed by atoms with Crippen molar-refractivity contribution in [2.45, 2.75) is 6.92 Å². The topological polar surface area (TPSA) is 86.1 Å². The van der Waals surface area contributed by atoms with Crippen molar-refractivity contribution >= 4 is 34.7 Å². The Morgan fingerprint density at radius 2 is 1.81 bits per heavy atom. The average Bonchev–Trinajstić information content (AvgIpc) is 3.17. The molecular formula is C24H20N4O3. The standard InChI is InChI=1S/C24H20N4O3/c1-16-15-22(28(27-16)21-13-12-18-5-3-4-6-20(18)25-21)26-23(29)14-9-17-7-10-19(11-8-17)24(30)31-2/h3-15H,1-2H3,(H,26,29)/b14-9+. The second-order valence-electron chi connectivity index (χ2n) is 6.88. The summed E-state index contributed by atoms with van der Waals surface area (Å²) in [6, 6.07) is 20.2. The van der Waals surface area contributed by atoms with Gasteiger partial charge in [0.2, 0.25) is 5.91 Å². The molecular weight excluding hydrogens is 392 g/mol. The molecule has 0 spiro atoms. The van der Waals surface area contributed by atoms with E-state index in [1.165, 1.54) is 13.2 Å². The van der Waals surface area contributed by atoms with Gasteiger partial charge in [0, 0.05) is 17.5 Å². The largest absolute Gasteiger partial charge is 0.465 e. The third kappa shape index (κ3) is 4.51. The lowest BCUT2D eigenvalue weighted by atomic mass is 10.1. The summed E-state index contributed by atoms with van der Waals surface area (Å²) in [5.74, 6) is 0.429. The Morgan fingerprint density at radius 3 is 2.58 bits per heavy atom. The zero-order valence-electron chi connectivity index (χ0n) is 17.1. The molecule has 2 aromatic carbocycles. The van der Waals surface area contributed by atoms with Gasteiger partial charge >= 0.3 is 5.97 Å². The molecule has 0 aliphatic carbocycles. The number of carbonyl (C=O) groups excluding carboxylic acids is 2. The average molecular weight is 412 g/mol. The third-order valence-corrected chi connectivity index (χ3v) is 4.64. The molecule has 154 valence electrons. The van der Waals surface area contributed by atoms with Crippen LogP contribution in [0.4, 0.5) is 5.82 Å². The number of aryl methyl sites for hydroxylation is 1. The summed E-state index contributed by atoms with van der Waals surface area (Å²) in [5.41, 5.74) is 2.84. The minimum absolute atomic E-state index is 0.306. The molecule has 0 bridgehead atoms. The quantitative estimate of drug-likeness (QED) is 0.393. The van der Waals surface area contributed by atoms with Crippen molar-refractivity contribution in [1.82, 2.24) is 14.8 Å². The van der Waals surface area contributed by atoms with Crippen molar-refractivity contribution < 1.29 is 14.3 Å². The Labute approximate surface area is 179 Å². The highest BCUT2D eigenvalue weighted by molar-refractivity contribution is 6.01. The Hall–Kier alpha value is -4.26. The second-order valence-corrected chi connectivity index (χ2v) is 6.88. The molecule has 0 radical (unpaired) electrons. The summed E-state index contributed by atoms with van der Waals surface area (Å²) in [5, 5.41) is 8.34. The van der Waals surface area contributed by atoms with Crippen molar-refractivity contribution in [3.05, 3.63) is 89.6 Å². The molecule has 31 heavy (non-hydrogen) atoms. The number of ether oxygens (including phenoxy) is 1. The number of nitrogens with zero attached hydrogens (tertiary/aromatic N) is 3. The van der Waals surface area contributed by atoms with E-state index >= 15 is 0 Å². The molecule has 0 saturated carbocycles. The maximum atomic E-state index is 12.5. The molecule has 4 aromatic rings. The Kier molecular flexibility index (Phi) is 5.57. The lowest BCUT2D eigenvalue weighted by Gasteiger charge is -2.08. The van der Waals surface area contributed by atoms with Gasteiger partial charge in [0.1, 0.15) is 5.82 Å². The van der Waals surface area contributed by atoms with Crippen LogP contribution in [0.25, 0.3) is 22.8 Å². The van der Waals surface area contributed by atoms with E-state index < -0.39 is 5.97 Å². The lowest BCUT2D eigenvalue weighted by Crippen LogP contribution is -2.13. The van der Waals surface area contributed by atoms with Crippen molar-refractivity contribution in [3.8, 4) is 5.82 Å². The van der Waals surface area contributed by atoms with Gasteiger partial charge in [-0.15, -0.1) is 0 Å². The third-order valence-electron chi connectivity index (χ3n) is 4.64. The SMILES string of the molecule is COC(=O)c1ccc(/C=C/C(=O)Nc2cc(C)nn2-c2ccc3ccccc3n2)cc1. The van der Waals surface area contributed by atoms with Gasteiger partial charge in [-0.2, -0.15) is 9.78 Å². The normalized spacial score (nSPS) is 11.0.